The van der Waals surface area contributed by atoms with Gasteiger partial charge in [-0.15, -0.1) is 0 Å². The van der Waals surface area contributed by atoms with Crippen LogP contribution in [-0.4, -0.2) is 16.4 Å². The normalized spacial score (nSPS) is 11.7. The highest BCUT2D eigenvalue weighted by molar-refractivity contribution is 7.08. The van der Waals surface area contributed by atoms with E-state index in [0.717, 1.165) is 11.5 Å². The zero-order valence-electron chi connectivity index (χ0n) is 6.68. The Labute approximate surface area is 82.6 Å². The van der Waals surface area contributed by atoms with Gasteiger partial charge in [0.15, 0.2) is 6.61 Å². The van der Waals surface area contributed by atoms with Crippen molar-refractivity contribution in [2.45, 2.75) is 12.3 Å². The molecule has 7 heteroatoms. The molecule has 1 aromatic rings. The first-order chi connectivity index (χ1) is 5.90. The molecule has 0 bridgehead atoms. The van der Waals surface area contributed by atoms with Gasteiger partial charge in [0.05, 0.1) is 5.69 Å². The zero-order valence-corrected chi connectivity index (χ0v) is 8.25. The average Bonchev–Trinajstić information content (AvgIpc) is 2.29. The van der Waals surface area contributed by atoms with Gasteiger partial charge in [-0.05, 0) is 18.5 Å². The Kier molecular flexibility index (Phi) is 2.92. The van der Waals surface area contributed by atoms with Gasteiger partial charge < -0.3 is 10.5 Å². The van der Waals surface area contributed by atoms with E-state index < -0.39 is 12.0 Å². The number of hydrogen-bond acceptors (Lipinski definition) is 4. The fraction of sp³-hybridized carbons (Fsp3) is 0.500. The number of hydrogen-bond donors (Lipinski definition) is 1. The van der Waals surface area contributed by atoms with E-state index in [2.05, 4.69) is 20.7 Å². The Bertz CT molecular complexity index is 299. The summed E-state index contributed by atoms with van der Waals surface area (Å²) in [6.45, 7) is 0.762. The standard InChI is InChI=1S/C6H7ClF2N2OS/c1-3-4(10)5(13-11-3)12-2-6(7,8)9/h2,10H2,1H3. The lowest BCUT2D eigenvalue weighted by Gasteiger charge is -2.08. The van der Waals surface area contributed by atoms with E-state index in [0.29, 0.717) is 5.69 Å². The third-order valence-electron chi connectivity index (χ3n) is 1.24. The van der Waals surface area contributed by atoms with Crippen molar-refractivity contribution in [1.82, 2.24) is 4.37 Å². The monoisotopic (exact) mass is 228 g/mol. The van der Waals surface area contributed by atoms with Gasteiger partial charge >= 0.3 is 5.38 Å². The van der Waals surface area contributed by atoms with Crippen LogP contribution >= 0.6 is 23.1 Å². The maximum absolute atomic E-state index is 12.1. The van der Waals surface area contributed by atoms with Crippen molar-refractivity contribution in [3.05, 3.63) is 5.69 Å². The summed E-state index contributed by atoms with van der Waals surface area (Å²) in [6, 6.07) is 0. The molecule has 74 valence electrons. The second-order valence-corrected chi connectivity index (χ2v) is 3.66. The van der Waals surface area contributed by atoms with Crippen LogP contribution < -0.4 is 10.5 Å². The fourth-order valence-electron chi connectivity index (χ4n) is 0.607. The molecule has 0 spiro atoms. The highest BCUT2D eigenvalue weighted by atomic mass is 35.5. The number of ether oxygens (including phenoxy) is 1. The Morgan fingerprint density at radius 1 is 1.69 bits per heavy atom. The molecule has 0 saturated heterocycles. The van der Waals surface area contributed by atoms with Crippen molar-refractivity contribution in [3.8, 4) is 5.06 Å². The lowest BCUT2D eigenvalue weighted by molar-refractivity contribution is 0.0411. The summed E-state index contributed by atoms with van der Waals surface area (Å²) in [4.78, 5) is 0. The molecule has 0 amide bonds. The number of nitrogens with two attached hydrogens (primary N) is 1. The Hall–Kier alpha value is -0.620. The van der Waals surface area contributed by atoms with Crippen molar-refractivity contribution < 1.29 is 13.5 Å². The van der Waals surface area contributed by atoms with E-state index in [1.807, 2.05) is 0 Å². The van der Waals surface area contributed by atoms with Gasteiger partial charge in [-0.3, -0.25) is 0 Å². The number of nitrogen functional groups attached to an aromatic ring is 1. The molecule has 0 aliphatic rings. The van der Waals surface area contributed by atoms with Crippen LogP contribution in [0.4, 0.5) is 14.5 Å². The van der Waals surface area contributed by atoms with Gasteiger partial charge in [-0.1, -0.05) is 0 Å². The van der Waals surface area contributed by atoms with Crippen LogP contribution in [0.25, 0.3) is 0 Å². The highest BCUT2D eigenvalue weighted by Crippen LogP contribution is 2.31. The largest absolute Gasteiger partial charge is 0.474 e. The third-order valence-corrected chi connectivity index (χ3v) is 2.22. The van der Waals surface area contributed by atoms with Crippen molar-refractivity contribution in [2.75, 3.05) is 12.3 Å². The van der Waals surface area contributed by atoms with Gasteiger partial charge in [0, 0.05) is 11.5 Å². The molecule has 0 fully saturated rings. The van der Waals surface area contributed by atoms with Crippen molar-refractivity contribution in [2.24, 2.45) is 0 Å². The van der Waals surface area contributed by atoms with E-state index in [-0.39, 0.29) is 10.8 Å². The van der Waals surface area contributed by atoms with E-state index >= 15 is 0 Å². The molecule has 0 atom stereocenters. The maximum Gasteiger partial charge on any atom is 0.355 e. The SMILES string of the molecule is Cc1nsc(OCC(F)(F)Cl)c1N. The van der Waals surface area contributed by atoms with Crippen LogP contribution in [0.3, 0.4) is 0 Å². The van der Waals surface area contributed by atoms with Gasteiger partial charge in [-0.25, -0.2) is 0 Å². The number of aromatic nitrogens is 1. The van der Waals surface area contributed by atoms with Crippen LogP contribution in [0, 0.1) is 6.92 Å². The van der Waals surface area contributed by atoms with E-state index in [1.165, 1.54) is 0 Å². The number of anilines is 1. The molecule has 1 heterocycles. The average molecular weight is 229 g/mol. The zero-order chi connectivity index (χ0) is 10.1. The maximum atomic E-state index is 12.1. The molecule has 0 aromatic carbocycles. The van der Waals surface area contributed by atoms with Gasteiger partial charge in [0.1, 0.15) is 5.69 Å². The molecular weight excluding hydrogens is 222 g/mol. The number of alkyl halides is 3. The highest BCUT2D eigenvalue weighted by Gasteiger charge is 2.26. The number of nitrogens with zero attached hydrogens (tertiary/aromatic N) is 1. The lowest BCUT2D eigenvalue weighted by Crippen LogP contribution is -2.17. The predicted octanol–water partition coefficient (Wildman–Crippen LogP) is 2.24. The van der Waals surface area contributed by atoms with Crippen LogP contribution in [0.2, 0.25) is 0 Å². The fourth-order valence-corrected chi connectivity index (χ4v) is 1.34. The lowest BCUT2D eigenvalue weighted by atomic mass is 10.4. The van der Waals surface area contributed by atoms with E-state index in [1.54, 1.807) is 6.92 Å². The summed E-state index contributed by atoms with van der Waals surface area (Å²) in [6.07, 6.45) is 0. The molecular formula is C6H7ClF2N2OS. The van der Waals surface area contributed by atoms with Crippen LogP contribution in [0.15, 0.2) is 0 Å². The third kappa shape index (κ3) is 2.96. The quantitative estimate of drug-likeness (QED) is 0.808. The van der Waals surface area contributed by atoms with Gasteiger partial charge in [-0.2, -0.15) is 13.2 Å². The molecule has 13 heavy (non-hydrogen) atoms. The second-order valence-electron chi connectivity index (χ2n) is 2.37. The second kappa shape index (κ2) is 3.63. The van der Waals surface area contributed by atoms with E-state index in [9.17, 15) is 8.78 Å². The summed E-state index contributed by atoms with van der Waals surface area (Å²) < 4.78 is 32.8. The minimum atomic E-state index is -3.37. The molecule has 0 aliphatic carbocycles. The van der Waals surface area contributed by atoms with Crippen LogP contribution in [0.5, 0.6) is 5.06 Å². The molecule has 0 unspecified atom stereocenters. The minimum absolute atomic E-state index is 0.179. The molecule has 1 rings (SSSR count). The molecule has 1 aromatic heterocycles. The Balaban J connectivity index is 2.60. The number of rotatable bonds is 3. The topological polar surface area (TPSA) is 48.1 Å². The summed E-state index contributed by atoms with van der Waals surface area (Å²) in [5.41, 5.74) is 6.32. The molecule has 0 aliphatic heterocycles. The number of aryl methyl sites for hydroxylation is 1. The molecule has 0 saturated carbocycles. The van der Waals surface area contributed by atoms with Gasteiger partial charge in [0.2, 0.25) is 5.06 Å². The van der Waals surface area contributed by atoms with Crippen LogP contribution in [-0.2, 0) is 0 Å². The first-order valence-corrected chi connectivity index (χ1v) is 4.46. The first-order valence-electron chi connectivity index (χ1n) is 3.31. The van der Waals surface area contributed by atoms with E-state index in [4.69, 9.17) is 5.73 Å². The predicted molar refractivity (Wildman–Crippen MR) is 47.6 cm³/mol. The summed E-state index contributed by atoms with van der Waals surface area (Å²) in [5, 5.41) is -3.19. The summed E-state index contributed by atoms with van der Waals surface area (Å²) >= 11 is 5.55. The summed E-state index contributed by atoms with van der Waals surface area (Å²) in [5.74, 6) is 0. The molecule has 0 radical (unpaired) electrons. The minimum Gasteiger partial charge on any atom is -0.474 e. The molecule has 3 nitrogen and oxygen atoms in total. The van der Waals surface area contributed by atoms with Crippen molar-refractivity contribution in [1.29, 1.82) is 0 Å². The Morgan fingerprint density at radius 3 is 2.69 bits per heavy atom. The van der Waals surface area contributed by atoms with Crippen molar-refractivity contribution >= 4 is 28.8 Å². The van der Waals surface area contributed by atoms with Gasteiger partial charge in [0.25, 0.3) is 0 Å². The van der Waals surface area contributed by atoms with Crippen molar-refractivity contribution in [3.63, 3.8) is 0 Å². The Morgan fingerprint density at radius 2 is 2.31 bits per heavy atom. The molecule has 2 N–H and O–H groups in total. The smallest absolute Gasteiger partial charge is 0.355 e. The first kappa shape index (κ1) is 10.5. The summed E-state index contributed by atoms with van der Waals surface area (Å²) in [7, 11) is 0. The van der Waals surface area contributed by atoms with Crippen LogP contribution in [0.1, 0.15) is 5.69 Å². The number of halogens is 3.